The van der Waals surface area contributed by atoms with Crippen molar-refractivity contribution in [3.05, 3.63) is 133 Å². The molecule has 0 fully saturated rings. The van der Waals surface area contributed by atoms with Crippen LogP contribution in [0.1, 0.15) is 133 Å². The summed E-state index contributed by atoms with van der Waals surface area (Å²) in [6.07, 6.45) is -41.2. The molecular formula is C49H42F18N2O6. The maximum atomic E-state index is 15.5. The zero-order chi connectivity index (χ0) is 57.7. The molecule has 4 aromatic carbocycles. The zero-order valence-electron chi connectivity index (χ0n) is 40.1. The Kier molecular flexibility index (Phi) is 15.0. The molecule has 0 spiro atoms. The molecule has 0 aromatic heterocycles. The average molecular weight is 1100 g/mol. The van der Waals surface area contributed by atoms with Crippen LogP contribution in [-0.4, -0.2) is 89.3 Å². The van der Waals surface area contributed by atoms with E-state index < -0.39 is 167 Å². The van der Waals surface area contributed by atoms with Gasteiger partial charge in [0.25, 0.3) is 28.9 Å². The number of anilines is 1. The van der Waals surface area contributed by atoms with Gasteiger partial charge in [-0.1, -0.05) is 64.1 Å². The molecule has 4 aromatic rings. The minimum Gasteiger partial charge on any atom is -0.369 e. The Morgan fingerprint density at radius 3 is 1.48 bits per heavy atom. The Balaban J connectivity index is 1.81. The molecule has 1 atom stereocenters. The number of aryl methyl sites for hydroxylation is 2. The summed E-state index contributed by atoms with van der Waals surface area (Å²) in [6.45, 7) is 7.98. The Hall–Kier alpha value is -6.18. The SMILES string of the molecule is CCC(C)N1C(=O)c2ccc(C(c3ccc(C=O)c(C(=O)N(C)c4c(C)cc(Cc5cc(C)c(C(C)(C)C)c(C(O)(C(F)(F)F)C(F)(F)F)c5)cc4C(O)(C(F)(F)F)C(F)(F)F)c3)(C(F)(F)F)C(F)(F)F)cc2C1=O. The maximum Gasteiger partial charge on any atom is 0.430 e. The van der Waals surface area contributed by atoms with Gasteiger partial charge < -0.3 is 15.1 Å². The van der Waals surface area contributed by atoms with E-state index in [1.807, 2.05) is 0 Å². The van der Waals surface area contributed by atoms with E-state index in [1.165, 1.54) is 13.8 Å². The Morgan fingerprint density at radius 2 is 1.04 bits per heavy atom. The minimum absolute atomic E-state index is 0.0656. The van der Waals surface area contributed by atoms with E-state index >= 15 is 26.3 Å². The summed E-state index contributed by atoms with van der Waals surface area (Å²) in [5, 5.41) is 21.4. The first-order valence-corrected chi connectivity index (χ1v) is 21.8. The van der Waals surface area contributed by atoms with E-state index in [4.69, 9.17) is 0 Å². The van der Waals surface area contributed by atoms with Gasteiger partial charge in [-0.25, -0.2) is 0 Å². The number of amides is 3. The number of aldehydes is 1. The van der Waals surface area contributed by atoms with Crippen molar-refractivity contribution in [3.8, 4) is 0 Å². The van der Waals surface area contributed by atoms with Crippen molar-refractivity contribution < 1.29 is 108 Å². The molecule has 1 heterocycles. The fourth-order valence-corrected chi connectivity index (χ4v) is 9.51. The highest BCUT2D eigenvalue weighted by atomic mass is 19.4. The molecule has 3 amide bonds. The Labute approximate surface area is 413 Å². The van der Waals surface area contributed by atoms with Crippen molar-refractivity contribution in [1.82, 2.24) is 4.90 Å². The van der Waals surface area contributed by atoms with E-state index in [9.17, 15) is 82.1 Å². The number of hydrogen-bond acceptors (Lipinski definition) is 6. The topological polar surface area (TPSA) is 115 Å². The number of halogens is 18. The molecule has 75 heavy (non-hydrogen) atoms. The predicted molar refractivity (Wildman–Crippen MR) is 230 cm³/mol. The lowest BCUT2D eigenvalue weighted by molar-refractivity contribution is -0.376. The number of imide groups is 1. The molecule has 8 nitrogen and oxygen atoms in total. The largest absolute Gasteiger partial charge is 0.430 e. The van der Waals surface area contributed by atoms with Crippen molar-refractivity contribution in [2.45, 2.75) is 126 Å². The maximum absolute atomic E-state index is 15.5. The van der Waals surface area contributed by atoms with Crippen LogP contribution in [0.2, 0.25) is 0 Å². The van der Waals surface area contributed by atoms with Crippen LogP contribution in [0, 0.1) is 13.8 Å². The van der Waals surface area contributed by atoms with Crippen LogP contribution in [0.5, 0.6) is 0 Å². The number of aliphatic hydroxyl groups is 2. The van der Waals surface area contributed by atoms with Gasteiger partial charge in [-0.15, -0.1) is 0 Å². The second-order valence-corrected chi connectivity index (χ2v) is 19.0. The Bertz CT molecular complexity index is 2900. The zero-order valence-corrected chi connectivity index (χ0v) is 40.1. The van der Waals surface area contributed by atoms with Crippen molar-refractivity contribution in [1.29, 1.82) is 0 Å². The predicted octanol–water partition coefficient (Wildman–Crippen LogP) is 12.7. The monoisotopic (exact) mass is 1100 g/mol. The normalized spacial score (nSPS) is 15.1. The van der Waals surface area contributed by atoms with Crippen LogP contribution >= 0.6 is 0 Å². The van der Waals surface area contributed by atoms with Gasteiger partial charge in [0.05, 0.1) is 22.4 Å². The molecule has 2 N–H and O–H groups in total. The summed E-state index contributed by atoms with van der Waals surface area (Å²) in [7, 11) is 0.338. The number of hydrogen-bond donors (Lipinski definition) is 2. The van der Waals surface area contributed by atoms with Gasteiger partial charge >= 0.3 is 37.1 Å². The minimum atomic E-state index is -6.86. The summed E-state index contributed by atoms with van der Waals surface area (Å²) >= 11 is 0. The highest BCUT2D eigenvalue weighted by Crippen LogP contribution is 2.58. The van der Waals surface area contributed by atoms with Crippen LogP contribution in [-0.2, 0) is 28.5 Å². The third-order valence-electron chi connectivity index (χ3n) is 13.1. The van der Waals surface area contributed by atoms with Gasteiger partial charge in [-0.05, 0) is 102 Å². The molecule has 1 aliphatic heterocycles. The molecule has 0 saturated heterocycles. The van der Waals surface area contributed by atoms with Crippen LogP contribution < -0.4 is 4.90 Å². The first-order valence-electron chi connectivity index (χ1n) is 21.8. The molecule has 5 rings (SSSR count). The number of fused-ring (bicyclic) bond motifs is 1. The molecule has 410 valence electrons. The fraction of sp³-hybridized carbons (Fsp3) is 0.429. The second kappa shape index (κ2) is 18.8. The lowest BCUT2D eigenvalue weighted by atomic mass is 9.71. The molecule has 0 saturated carbocycles. The third-order valence-corrected chi connectivity index (χ3v) is 13.1. The second-order valence-electron chi connectivity index (χ2n) is 19.0. The summed E-state index contributed by atoms with van der Waals surface area (Å²) in [5.41, 5.74) is -36.0. The number of benzene rings is 4. The number of nitrogens with zero attached hydrogens (tertiary/aromatic N) is 2. The first-order chi connectivity index (χ1) is 33.7. The van der Waals surface area contributed by atoms with Crippen LogP contribution in [0.3, 0.4) is 0 Å². The van der Waals surface area contributed by atoms with Crippen LogP contribution in [0.4, 0.5) is 84.7 Å². The van der Waals surface area contributed by atoms with Crippen LogP contribution in [0.25, 0.3) is 0 Å². The van der Waals surface area contributed by atoms with Gasteiger partial charge in [0.15, 0.2) is 6.29 Å². The average Bonchev–Trinajstić information content (AvgIpc) is 3.49. The first kappa shape index (κ1) is 59.7. The standard InChI is InChI=1S/C49H42F18N2O6/c1-9-24(4)69-38(72)30-13-12-29(20-32(30)39(69)73)41(44(50,51)52,45(53,54)55)28-11-10-27(21-70)31(19-28)37(71)68(8)36-23(3)15-26(18-34(36)43(75,48(62,63)64)49(65,66)67)16-25-14-22(2)35(40(5,6)7)33(17-25)42(74,46(56,57)58)47(59,60)61/h10-15,17-21,24,74-75H,9,16H2,1-8H3. The van der Waals surface area contributed by atoms with E-state index in [0.29, 0.717) is 31.0 Å². The molecule has 0 bridgehead atoms. The van der Waals surface area contributed by atoms with E-state index in [1.54, 1.807) is 0 Å². The van der Waals surface area contributed by atoms with E-state index in [-0.39, 0.29) is 60.1 Å². The summed E-state index contributed by atoms with van der Waals surface area (Å²) < 4.78 is 268. The number of alkyl halides is 18. The summed E-state index contributed by atoms with van der Waals surface area (Å²) in [5.74, 6) is -4.46. The third kappa shape index (κ3) is 9.50. The number of carbonyl (C=O) groups is 4. The molecule has 0 radical (unpaired) electrons. The molecular weight excluding hydrogens is 1050 g/mol. The van der Waals surface area contributed by atoms with Crippen molar-refractivity contribution in [2.75, 3.05) is 11.9 Å². The molecule has 0 aliphatic carbocycles. The highest BCUT2D eigenvalue weighted by molar-refractivity contribution is 6.21. The molecule has 1 unspecified atom stereocenters. The van der Waals surface area contributed by atoms with Gasteiger partial charge in [0, 0.05) is 29.8 Å². The number of carbonyl (C=O) groups excluding carboxylic acids is 4. The summed E-state index contributed by atoms with van der Waals surface area (Å²) in [6, 6.07) is 1.59. The molecule has 1 aliphatic rings. The van der Waals surface area contributed by atoms with Crippen molar-refractivity contribution in [3.63, 3.8) is 0 Å². The van der Waals surface area contributed by atoms with Gasteiger partial charge in [0.2, 0.25) is 5.41 Å². The van der Waals surface area contributed by atoms with Crippen molar-refractivity contribution in [2.24, 2.45) is 0 Å². The lowest BCUT2D eigenvalue weighted by Crippen LogP contribution is -2.55. The number of rotatable bonds is 11. The quantitative estimate of drug-likeness (QED) is 0.0878. The van der Waals surface area contributed by atoms with E-state index in [0.717, 1.165) is 33.8 Å². The molecule has 26 heteroatoms. The smallest absolute Gasteiger partial charge is 0.369 e. The fourth-order valence-electron chi connectivity index (χ4n) is 9.51. The Morgan fingerprint density at radius 1 is 0.613 bits per heavy atom. The van der Waals surface area contributed by atoms with Crippen LogP contribution in [0.15, 0.2) is 60.7 Å². The van der Waals surface area contributed by atoms with Gasteiger partial charge in [-0.3, -0.25) is 24.1 Å². The van der Waals surface area contributed by atoms with Gasteiger partial charge in [0.1, 0.15) is 0 Å². The van der Waals surface area contributed by atoms with E-state index in [2.05, 4.69) is 0 Å². The van der Waals surface area contributed by atoms with Crippen molar-refractivity contribution >= 4 is 29.7 Å². The lowest BCUT2D eigenvalue weighted by Gasteiger charge is -2.39. The van der Waals surface area contributed by atoms with Gasteiger partial charge in [-0.2, -0.15) is 79.0 Å². The highest BCUT2D eigenvalue weighted by Gasteiger charge is 2.75. The summed E-state index contributed by atoms with van der Waals surface area (Å²) in [4.78, 5) is 53.5.